The Kier molecular flexibility index (Phi) is 8.46. The molecule has 29 heavy (non-hydrogen) atoms. The molecule has 0 saturated heterocycles. The van der Waals surface area contributed by atoms with E-state index in [1.807, 2.05) is 43.3 Å². The number of fused-ring (bicyclic) bond motifs is 1. The number of likely N-dealkylation sites (N-methyl/N-ethyl adjacent to an activating group) is 1. The van der Waals surface area contributed by atoms with Crippen molar-refractivity contribution in [2.24, 2.45) is 0 Å². The van der Waals surface area contributed by atoms with Crippen LogP contribution in [-0.4, -0.2) is 42.0 Å². The summed E-state index contributed by atoms with van der Waals surface area (Å²) in [6, 6.07) is 11.5. The molecule has 0 N–H and O–H groups in total. The van der Waals surface area contributed by atoms with Crippen LogP contribution in [-0.2, 0) is 0 Å². The van der Waals surface area contributed by atoms with Crippen molar-refractivity contribution in [1.29, 1.82) is 0 Å². The number of hydrogen-bond donors (Lipinski definition) is 0. The molecule has 4 nitrogen and oxygen atoms in total. The second-order valence-corrected chi connectivity index (χ2v) is 8.34. The molecule has 3 rings (SSSR count). The Morgan fingerprint density at radius 1 is 1.03 bits per heavy atom. The lowest BCUT2D eigenvalue weighted by atomic mass is 10.1. The number of carbonyl (C=O) groups is 1. The summed E-state index contributed by atoms with van der Waals surface area (Å²) < 4.78 is 0.989. The highest BCUT2D eigenvalue weighted by Gasteiger charge is 2.22. The van der Waals surface area contributed by atoms with Crippen molar-refractivity contribution in [3.63, 3.8) is 0 Å². The summed E-state index contributed by atoms with van der Waals surface area (Å²) >= 11 is 7.64. The SMILES string of the molecule is CCN(CC)CCN(C(=O)c1ccc(C)c(C)c1)c1nc2ccc(Cl)cc2s1.Cl. The molecule has 2 aromatic carbocycles. The van der Waals surface area contributed by atoms with E-state index in [4.69, 9.17) is 16.6 Å². The van der Waals surface area contributed by atoms with E-state index in [1.165, 1.54) is 16.9 Å². The maximum absolute atomic E-state index is 13.4. The van der Waals surface area contributed by atoms with Crippen LogP contribution in [0.15, 0.2) is 36.4 Å². The zero-order valence-electron chi connectivity index (χ0n) is 17.2. The van der Waals surface area contributed by atoms with Gasteiger partial charge in [-0.2, -0.15) is 0 Å². The van der Waals surface area contributed by atoms with Gasteiger partial charge in [-0.1, -0.05) is 42.9 Å². The van der Waals surface area contributed by atoms with Gasteiger partial charge in [-0.15, -0.1) is 12.4 Å². The predicted octanol–water partition coefficient (Wildman–Crippen LogP) is 5.98. The minimum atomic E-state index is -0.0135. The third-order valence-corrected chi connectivity index (χ3v) is 6.38. The summed E-state index contributed by atoms with van der Waals surface area (Å²) in [4.78, 5) is 22.2. The van der Waals surface area contributed by atoms with E-state index in [1.54, 1.807) is 4.90 Å². The maximum Gasteiger partial charge on any atom is 0.260 e. The van der Waals surface area contributed by atoms with Crippen LogP contribution in [0, 0.1) is 13.8 Å². The predicted molar refractivity (Wildman–Crippen MR) is 127 cm³/mol. The summed E-state index contributed by atoms with van der Waals surface area (Å²) in [5.41, 5.74) is 3.86. The fourth-order valence-corrected chi connectivity index (χ4v) is 4.36. The molecule has 0 aliphatic rings. The first-order valence-corrected chi connectivity index (χ1v) is 10.8. The normalized spacial score (nSPS) is 11.0. The fourth-order valence-electron chi connectivity index (χ4n) is 3.10. The molecule has 7 heteroatoms. The standard InChI is InChI=1S/C22H26ClN3OS.ClH/c1-5-25(6-2)11-12-26(21(27)17-8-7-15(3)16(4)13-17)22-24-19-10-9-18(23)14-20(19)28-22;/h7-10,13-14H,5-6,11-12H2,1-4H3;1H. The largest absolute Gasteiger partial charge is 0.302 e. The number of rotatable bonds is 7. The van der Waals surface area contributed by atoms with Gasteiger partial charge in [0.1, 0.15) is 0 Å². The van der Waals surface area contributed by atoms with Crippen molar-refractivity contribution < 1.29 is 4.79 Å². The molecule has 0 saturated carbocycles. The van der Waals surface area contributed by atoms with E-state index in [-0.39, 0.29) is 18.3 Å². The minimum Gasteiger partial charge on any atom is -0.302 e. The van der Waals surface area contributed by atoms with Gasteiger partial charge in [-0.25, -0.2) is 4.98 Å². The molecule has 0 aliphatic heterocycles. The van der Waals surface area contributed by atoms with E-state index in [9.17, 15) is 4.79 Å². The molecular formula is C22H27Cl2N3OS. The zero-order valence-corrected chi connectivity index (χ0v) is 19.6. The highest BCUT2D eigenvalue weighted by Crippen LogP contribution is 2.31. The van der Waals surface area contributed by atoms with Crippen LogP contribution >= 0.6 is 35.3 Å². The molecule has 0 atom stereocenters. The Bertz CT molecular complexity index is 985. The topological polar surface area (TPSA) is 36.4 Å². The lowest BCUT2D eigenvalue weighted by Crippen LogP contribution is -2.38. The molecule has 0 bridgehead atoms. The number of carbonyl (C=O) groups excluding carboxylic acids is 1. The van der Waals surface area contributed by atoms with Gasteiger partial charge >= 0.3 is 0 Å². The second kappa shape index (κ2) is 10.4. The smallest absolute Gasteiger partial charge is 0.260 e. The molecule has 0 fully saturated rings. The van der Waals surface area contributed by atoms with E-state index in [0.717, 1.165) is 35.4 Å². The highest BCUT2D eigenvalue weighted by molar-refractivity contribution is 7.22. The van der Waals surface area contributed by atoms with Gasteiger partial charge in [0.25, 0.3) is 5.91 Å². The van der Waals surface area contributed by atoms with Crippen molar-refractivity contribution in [3.8, 4) is 0 Å². The number of amides is 1. The summed E-state index contributed by atoms with van der Waals surface area (Å²) in [5.74, 6) is -0.0135. The van der Waals surface area contributed by atoms with E-state index >= 15 is 0 Å². The van der Waals surface area contributed by atoms with Crippen molar-refractivity contribution in [2.75, 3.05) is 31.1 Å². The first-order valence-electron chi connectivity index (χ1n) is 9.60. The van der Waals surface area contributed by atoms with Crippen LogP contribution in [0.2, 0.25) is 5.02 Å². The third kappa shape index (κ3) is 5.48. The van der Waals surface area contributed by atoms with Crippen LogP contribution < -0.4 is 4.90 Å². The Morgan fingerprint density at radius 3 is 2.41 bits per heavy atom. The number of benzene rings is 2. The summed E-state index contributed by atoms with van der Waals surface area (Å²) in [7, 11) is 0. The molecule has 0 unspecified atom stereocenters. The Balaban J connectivity index is 0.00000300. The van der Waals surface area contributed by atoms with E-state index in [0.29, 0.717) is 22.3 Å². The molecule has 1 heterocycles. The monoisotopic (exact) mass is 451 g/mol. The zero-order chi connectivity index (χ0) is 20.3. The first kappa shape index (κ1) is 23.6. The van der Waals surface area contributed by atoms with Gasteiger partial charge in [0.15, 0.2) is 5.13 Å². The molecule has 3 aromatic rings. The maximum atomic E-state index is 13.4. The fraction of sp³-hybridized carbons (Fsp3) is 0.364. The Hall–Kier alpha value is -1.66. The van der Waals surface area contributed by atoms with Crippen LogP contribution in [0.4, 0.5) is 5.13 Å². The van der Waals surface area contributed by atoms with Gasteiger partial charge in [-0.05, 0) is 68.4 Å². The van der Waals surface area contributed by atoms with Gasteiger partial charge in [-0.3, -0.25) is 9.69 Å². The lowest BCUT2D eigenvalue weighted by molar-refractivity contribution is 0.0983. The number of aryl methyl sites for hydroxylation is 2. The van der Waals surface area contributed by atoms with Gasteiger partial charge in [0.05, 0.1) is 10.2 Å². The van der Waals surface area contributed by atoms with E-state index in [2.05, 4.69) is 25.7 Å². The number of nitrogens with zero attached hydrogens (tertiary/aromatic N) is 3. The van der Waals surface area contributed by atoms with Crippen LogP contribution in [0.3, 0.4) is 0 Å². The van der Waals surface area contributed by atoms with Gasteiger partial charge in [0, 0.05) is 23.7 Å². The lowest BCUT2D eigenvalue weighted by Gasteiger charge is -2.25. The molecule has 1 aromatic heterocycles. The summed E-state index contributed by atoms with van der Waals surface area (Å²) in [5, 5.41) is 1.39. The number of hydrogen-bond acceptors (Lipinski definition) is 4. The van der Waals surface area contributed by atoms with Crippen LogP contribution in [0.5, 0.6) is 0 Å². The van der Waals surface area contributed by atoms with Crippen molar-refractivity contribution >= 4 is 56.6 Å². The third-order valence-electron chi connectivity index (χ3n) is 5.10. The van der Waals surface area contributed by atoms with Crippen LogP contribution in [0.25, 0.3) is 10.2 Å². The van der Waals surface area contributed by atoms with Crippen molar-refractivity contribution in [3.05, 3.63) is 58.1 Å². The van der Waals surface area contributed by atoms with Gasteiger partial charge in [0.2, 0.25) is 0 Å². The number of anilines is 1. The highest BCUT2D eigenvalue weighted by atomic mass is 35.5. The average molecular weight is 452 g/mol. The Morgan fingerprint density at radius 2 is 1.76 bits per heavy atom. The van der Waals surface area contributed by atoms with Crippen molar-refractivity contribution in [2.45, 2.75) is 27.7 Å². The molecular weight excluding hydrogens is 425 g/mol. The molecule has 156 valence electrons. The molecule has 1 amide bonds. The first-order chi connectivity index (χ1) is 13.4. The van der Waals surface area contributed by atoms with Crippen LogP contribution in [0.1, 0.15) is 35.3 Å². The summed E-state index contributed by atoms with van der Waals surface area (Å²) in [6.07, 6.45) is 0. The average Bonchev–Trinajstić information content (AvgIpc) is 3.09. The number of halogens is 2. The number of aromatic nitrogens is 1. The van der Waals surface area contributed by atoms with Crippen molar-refractivity contribution in [1.82, 2.24) is 9.88 Å². The molecule has 0 spiro atoms. The number of thiazole rings is 1. The van der Waals surface area contributed by atoms with Gasteiger partial charge < -0.3 is 4.90 Å². The van der Waals surface area contributed by atoms with E-state index < -0.39 is 0 Å². The molecule has 0 radical (unpaired) electrons. The minimum absolute atomic E-state index is 0. The second-order valence-electron chi connectivity index (χ2n) is 6.89. The quantitative estimate of drug-likeness (QED) is 0.443. The Labute approximate surface area is 187 Å². The molecule has 0 aliphatic carbocycles. The summed E-state index contributed by atoms with van der Waals surface area (Å²) in [6.45, 7) is 11.7.